The molecule has 6 rings (SSSR count). The van der Waals surface area contributed by atoms with E-state index in [0.717, 1.165) is 6.42 Å². The highest BCUT2D eigenvalue weighted by molar-refractivity contribution is 5.85. The van der Waals surface area contributed by atoms with Gasteiger partial charge < -0.3 is 19.6 Å². The maximum absolute atomic E-state index is 2.59. The SMILES string of the molecule is Cc1ccc(N(c2ccc(CCCCCCN(C)C)cc2)c2ccc(-c3ccc4c(c3)C(CCCCCCN(C)C)(CCCCCCN(C)C)c3cc(C)ccc3-4)cc2)cc1. The molecule has 0 saturated heterocycles. The van der Waals surface area contributed by atoms with Crippen LogP contribution in [0.25, 0.3) is 22.3 Å². The van der Waals surface area contributed by atoms with Crippen LogP contribution < -0.4 is 4.90 Å². The van der Waals surface area contributed by atoms with Crippen molar-refractivity contribution in [2.45, 2.75) is 116 Å². The van der Waals surface area contributed by atoms with Crippen LogP contribution in [-0.4, -0.2) is 76.6 Å². The molecule has 0 fully saturated rings. The third-order valence-electron chi connectivity index (χ3n) is 13.2. The van der Waals surface area contributed by atoms with E-state index >= 15 is 0 Å². The number of hydrogen-bond donors (Lipinski definition) is 0. The van der Waals surface area contributed by atoms with Crippen LogP contribution in [0.3, 0.4) is 0 Å². The van der Waals surface area contributed by atoms with Gasteiger partial charge in [-0.15, -0.1) is 0 Å². The molecule has 1 aliphatic rings. The van der Waals surface area contributed by atoms with E-state index in [1.807, 2.05) is 0 Å². The van der Waals surface area contributed by atoms with Gasteiger partial charge in [-0.1, -0.05) is 129 Å². The zero-order chi connectivity index (χ0) is 43.2. The summed E-state index contributed by atoms with van der Waals surface area (Å²) in [6.07, 6.45) is 19.0. The Labute approximate surface area is 372 Å². The molecule has 0 atom stereocenters. The Morgan fingerprint density at radius 3 is 1.31 bits per heavy atom. The number of aryl methyl sites for hydroxylation is 3. The van der Waals surface area contributed by atoms with Gasteiger partial charge in [0.25, 0.3) is 0 Å². The van der Waals surface area contributed by atoms with E-state index in [9.17, 15) is 0 Å². The third-order valence-corrected chi connectivity index (χ3v) is 13.2. The lowest BCUT2D eigenvalue weighted by molar-refractivity contribution is 0.368. The number of hydrogen-bond acceptors (Lipinski definition) is 4. The standard InChI is InChI=1S/C57H78N4/c1-45-22-30-50(31-23-45)61(51-32-25-47(26-33-51)21-15-9-12-18-40-58(3)4)52-34-27-48(28-35-52)49-29-37-54-53-36-24-46(2)43-55(53)57(56(54)44-49,38-16-10-13-19-41-59(5)6)39-17-11-14-20-42-60(7)8/h22-37,43-44H,9-21,38-42H2,1-8H3. The molecule has 0 saturated carbocycles. The molecule has 0 aliphatic heterocycles. The van der Waals surface area contributed by atoms with Crippen molar-refractivity contribution < 1.29 is 0 Å². The van der Waals surface area contributed by atoms with Gasteiger partial charge in [0.15, 0.2) is 0 Å². The van der Waals surface area contributed by atoms with Crippen molar-refractivity contribution in [1.82, 2.24) is 14.7 Å². The van der Waals surface area contributed by atoms with Crippen LogP contribution in [0.2, 0.25) is 0 Å². The second-order valence-electron chi connectivity index (χ2n) is 19.2. The number of anilines is 3. The molecule has 4 heteroatoms. The molecule has 4 nitrogen and oxygen atoms in total. The first-order valence-corrected chi connectivity index (χ1v) is 23.8. The summed E-state index contributed by atoms with van der Waals surface area (Å²) in [5, 5.41) is 0. The zero-order valence-electron chi connectivity index (χ0n) is 39.4. The molecule has 0 amide bonds. The quantitative estimate of drug-likeness (QED) is 0.0544. The van der Waals surface area contributed by atoms with Crippen molar-refractivity contribution in [1.29, 1.82) is 0 Å². The summed E-state index contributed by atoms with van der Waals surface area (Å²) >= 11 is 0. The molecular weight excluding hydrogens is 741 g/mol. The molecule has 5 aromatic rings. The fraction of sp³-hybridized carbons (Fsp3) is 0.474. The molecule has 1 aliphatic carbocycles. The number of unbranched alkanes of at least 4 members (excludes halogenated alkanes) is 9. The lowest BCUT2D eigenvalue weighted by Crippen LogP contribution is -2.26. The minimum absolute atomic E-state index is 0.0518. The van der Waals surface area contributed by atoms with Gasteiger partial charge in [-0.05, 0) is 202 Å². The van der Waals surface area contributed by atoms with Crippen molar-refractivity contribution in [2.24, 2.45) is 0 Å². The van der Waals surface area contributed by atoms with E-state index in [-0.39, 0.29) is 5.41 Å². The van der Waals surface area contributed by atoms with Gasteiger partial charge >= 0.3 is 0 Å². The van der Waals surface area contributed by atoms with E-state index in [4.69, 9.17) is 0 Å². The van der Waals surface area contributed by atoms with Gasteiger partial charge in [0.05, 0.1) is 0 Å². The van der Waals surface area contributed by atoms with Gasteiger partial charge in [-0.2, -0.15) is 0 Å². The third kappa shape index (κ3) is 12.7. The van der Waals surface area contributed by atoms with E-state index in [1.165, 1.54) is 166 Å². The first-order valence-electron chi connectivity index (χ1n) is 23.8. The Balaban J connectivity index is 1.27. The molecule has 61 heavy (non-hydrogen) atoms. The van der Waals surface area contributed by atoms with Gasteiger partial charge in [0, 0.05) is 22.5 Å². The summed E-state index contributed by atoms with van der Waals surface area (Å²) in [5.41, 5.74) is 16.4. The van der Waals surface area contributed by atoms with E-state index in [0.29, 0.717) is 0 Å². The molecule has 0 unspecified atom stereocenters. The Kier molecular flexibility index (Phi) is 17.3. The van der Waals surface area contributed by atoms with E-state index < -0.39 is 0 Å². The highest BCUT2D eigenvalue weighted by Gasteiger charge is 2.42. The highest BCUT2D eigenvalue weighted by atomic mass is 15.1. The summed E-state index contributed by atoms with van der Waals surface area (Å²) in [6, 6.07) is 42.4. The number of rotatable bonds is 25. The fourth-order valence-corrected chi connectivity index (χ4v) is 9.74. The van der Waals surface area contributed by atoms with Crippen molar-refractivity contribution in [3.8, 4) is 22.3 Å². The Hall–Kier alpha value is -4.22. The van der Waals surface area contributed by atoms with Crippen LogP contribution in [0.1, 0.15) is 118 Å². The average molecular weight is 819 g/mol. The van der Waals surface area contributed by atoms with Crippen LogP contribution in [-0.2, 0) is 11.8 Å². The highest BCUT2D eigenvalue weighted by Crippen LogP contribution is 2.55. The van der Waals surface area contributed by atoms with E-state index in [2.05, 4.69) is 185 Å². The molecule has 326 valence electrons. The monoisotopic (exact) mass is 819 g/mol. The molecular formula is C57H78N4. The van der Waals surface area contributed by atoms with Gasteiger partial charge in [0.1, 0.15) is 0 Å². The predicted octanol–water partition coefficient (Wildman–Crippen LogP) is 14.4. The van der Waals surface area contributed by atoms with Crippen molar-refractivity contribution in [3.05, 3.63) is 137 Å². The summed E-state index contributed by atoms with van der Waals surface area (Å²) in [4.78, 5) is 9.35. The molecule has 0 spiro atoms. The Bertz CT molecular complexity index is 2040. The number of fused-ring (bicyclic) bond motifs is 3. The largest absolute Gasteiger partial charge is 0.311 e. The summed E-state index contributed by atoms with van der Waals surface area (Å²) in [7, 11) is 13.1. The molecule has 0 bridgehead atoms. The first-order chi connectivity index (χ1) is 29.5. The lowest BCUT2D eigenvalue weighted by atomic mass is 9.70. The van der Waals surface area contributed by atoms with Gasteiger partial charge in [0.2, 0.25) is 0 Å². The molecule has 5 aromatic carbocycles. The van der Waals surface area contributed by atoms with Crippen LogP contribution >= 0.6 is 0 Å². The lowest BCUT2D eigenvalue weighted by Gasteiger charge is -2.33. The van der Waals surface area contributed by atoms with E-state index in [1.54, 1.807) is 11.1 Å². The smallest absolute Gasteiger partial charge is 0.0462 e. The fourth-order valence-electron chi connectivity index (χ4n) is 9.74. The van der Waals surface area contributed by atoms with Crippen LogP contribution in [0.5, 0.6) is 0 Å². The molecule has 0 N–H and O–H groups in total. The van der Waals surface area contributed by atoms with Crippen molar-refractivity contribution in [2.75, 3.05) is 66.8 Å². The van der Waals surface area contributed by atoms with Crippen LogP contribution in [0, 0.1) is 13.8 Å². The molecule has 0 aromatic heterocycles. The predicted molar refractivity (Wildman–Crippen MR) is 266 cm³/mol. The summed E-state index contributed by atoms with van der Waals surface area (Å²) in [5.74, 6) is 0. The van der Waals surface area contributed by atoms with Crippen LogP contribution in [0.4, 0.5) is 17.1 Å². The topological polar surface area (TPSA) is 13.0 Å². The summed E-state index contributed by atoms with van der Waals surface area (Å²) < 4.78 is 0. The number of benzene rings is 5. The second kappa shape index (κ2) is 22.7. The van der Waals surface area contributed by atoms with Crippen molar-refractivity contribution in [3.63, 3.8) is 0 Å². The van der Waals surface area contributed by atoms with Crippen molar-refractivity contribution >= 4 is 17.1 Å². The molecule has 0 radical (unpaired) electrons. The van der Waals surface area contributed by atoms with Gasteiger partial charge in [-0.25, -0.2) is 0 Å². The van der Waals surface area contributed by atoms with Gasteiger partial charge in [-0.3, -0.25) is 0 Å². The summed E-state index contributed by atoms with van der Waals surface area (Å²) in [6.45, 7) is 7.99. The Morgan fingerprint density at radius 1 is 0.377 bits per heavy atom. The number of nitrogens with zero attached hydrogens (tertiary/aromatic N) is 4. The Morgan fingerprint density at radius 2 is 0.787 bits per heavy atom. The zero-order valence-corrected chi connectivity index (χ0v) is 39.4. The average Bonchev–Trinajstić information content (AvgIpc) is 3.50. The maximum Gasteiger partial charge on any atom is 0.0462 e. The molecule has 0 heterocycles. The normalized spacial score (nSPS) is 13.0. The maximum atomic E-state index is 2.59. The second-order valence-corrected chi connectivity index (χ2v) is 19.2. The minimum atomic E-state index is 0.0518. The van der Waals surface area contributed by atoms with Crippen LogP contribution in [0.15, 0.2) is 109 Å². The minimum Gasteiger partial charge on any atom is -0.311 e. The first kappa shape index (κ1) is 46.3.